The Morgan fingerprint density at radius 2 is 0.793 bits per heavy atom. The van der Waals surface area contributed by atoms with E-state index in [0.29, 0.717) is 5.92 Å². The molecule has 0 bridgehead atoms. The standard InChI is InChI=1S/C25H40F4/c1-15-7-12-19(23(27)22(15)26)17-8-10-18(11-9-17)21-14-13-20(24(28)25(21)29)16-5-3-2-4-6-16/h15-25H,2-14H2,1H3/t15?,17?,18?,19?,20?,21?,22-,23?,24?,25-/m0/s1. The lowest BCUT2D eigenvalue weighted by atomic mass is 9.62. The third kappa shape index (κ3) is 4.52. The lowest BCUT2D eigenvalue weighted by molar-refractivity contribution is -0.0441. The van der Waals surface area contributed by atoms with Gasteiger partial charge < -0.3 is 0 Å². The van der Waals surface area contributed by atoms with Crippen LogP contribution >= 0.6 is 0 Å². The van der Waals surface area contributed by atoms with E-state index in [-0.39, 0.29) is 35.5 Å². The molecule has 8 atom stereocenters. The molecule has 4 aliphatic carbocycles. The molecule has 4 fully saturated rings. The molecule has 0 aliphatic heterocycles. The van der Waals surface area contributed by atoms with Crippen molar-refractivity contribution in [2.24, 2.45) is 41.4 Å². The van der Waals surface area contributed by atoms with Crippen molar-refractivity contribution in [2.45, 2.75) is 115 Å². The van der Waals surface area contributed by atoms with Crippen LogP contribution in [0.1, 0.15) is 90.4 Å². The molecule has 0 nitrogen and oxygen atoms in total. The first kappa shape index (κ1) is 21.9. The van der Waals surface area contributed by atoms with Crippen LogP contribution in [-0.4, -0.2) is 24.7 Å². The van der Waals surface area contributed by atoms with Gasteiger partial charge in [-0.15, -0.1) is 0 Å². The Labute approximate surface area is 174 Å². The Morgan fingerprint density at radius 3 is 1.28 bits per heavy atom. The molecular formula is C25H40F4. The van der Waals surface area contributed by atoms with Crippen molar-refractivity contribution in [3.05, 3.63) is 0 Å². The number of alkyl halides is 4. The molecule has 4 aliphatic rings. The first-order valence-electron chi connectivity index (χ1n) is 12.5. The van der Waals surface area contributed by atoms with Gasteiger partial charge in [-0.3, -0.25) is 0 Å². The van der Waals surface area contributed by atoms with E-state index in [4.69, 9.17) is 0 Å². The summed E-state index contributed by atoms with van der Waals surface area (Å²) in [7, 11) is 0. The number of halogens is 4. The van der Waals surface area contributed by atoms with Crippen LogP contribution in [-0.2, 0) is 0 Å². The monoisotopic (exact) mass is 416 g/mol. The van der Waals surface area contributed by atoms with E-state index in [0.717, 1.165) is 64.2 Å². The van der Waals surface area contributed by atoms with Crippen LogP contribution in [0.5, 0.6) is 0 Å². The normalized spacial score (nSPS) is 50.4. The van der Waals surface area contributed by atoms with Crippen LogP contribution < -0.4 is 0 Å². The van der Waals surface area contributed by atoms with Crippen LogP contribution in [0.15, 0.2) is 0 Å². The summed E-state index contributed by atoms with van der Waals surface area (Å²) in [4.78, 5) is 0. The van der Waals surface area contributed by atoms with E-state index in [1.807, 2.05) is 6.92 Å². The average Bonchev–Trinajstić information content (AvgIpc) is 2.75. The molecule has 0 radical (unpaired) electrons. The van der Waals surface area contributed by atoms with Gasteiger partial charge in [-0.05, 0) is 92.8 Å². The fraction of sp³-hybridized carbons (Fsp3) is 1.00. The minimum absolute atomic E-state index is 0.0732. The molecule has 6 unspecified atom stereocenters. The molecule has 0 spiro atoms. The van der Waals surface area contributed by atoms with Gasteiger partial charge in [-0.2, -0.15) is 0 Å². The molecular weight excluding hydrogens is 376 g/mol. The number of hydrogen-bond donors (Lipinski definition) is 0. The highest BCUT2D eigenvalue weighted by molar-refractivity contribution is 4.96. The molecule has 0 aromatic rings. The quantitative estimate of drug-likeness (QED) is 0.412. The first-order chi connectivity index (χ1) is 14.0. The summed E-state index contributed by atoms with van der Waals surface area (Å²) in [6, 6.07) is 0. The highest BCUT2D eigenvalue weighted by Gasteiger charge is 2.48. The molecule has 0 heterocycles. The third-order valence-corrected chi connectivity index (χ3v) is 9.45. The van der Waals surface area contributed by atoms with Gasteiger partial charge in [0.05, 0.1) is 0 Å². The summed E-state index contributed by atoms with van der Waals surface area (Å²) >= 11 is 0. The molecule has 0 N–H and O–H groups in total. The first-order valence-corrected chi connectivity index (χ1v) is 12.5. The minimum atomic E-state index is -1.34. The second-order valence-electron chi connectivity index (χ2n) is 11.0. The van der Waals surface area contributed by atoms with Crippen molar-refractivity contribution >= 4 is 0 Å². The smallest absolute Gasteiger partial charge is 0.134 e. The average molecular weight is 417 g/mol. The SMILES string of the molecule is CC1CCC(C2CCC(C3CCC(C4CCCCC4)C(F)[C@H]3F)CC2)C(F)[C@H]1F. The Kier molecular flexibility index (Phi) is 7.16. The Hall–Kier alpha value is -0.280. The predicted molar refractivity (Wildman–Crippen MR) is 110 cm³/mol. The van der Waals surface area contributed by atoms with E-state index in [9.17, 15) is 8.78 Å². The molecule has 0 amide bonds. The zero-order valence-electron chi connectivity index (χ0n) is 18.1. The fourth-order valence-electron chi connectivity index (χ4n) is 7.55. The third-order valence-electron chi connectivity index (χ3n) is 9.45. The molecule has 0 aromatic carbocycles. The van der Waals surface area contributed by atoms with Gasteiger partial charge in [0.25, 0.3) is 0 Å². The molecule has 0 saturated heterocycles. The van der Waals surface area contributed by atoms with E-state index >= 15 is 8.78 Å². The highest BCUT2D eigenvalue weighted by atomic mass is 19.2. The van der Waals surface area contributed by atoms with Gasteiger partial charge in [0, 0.05) is 0 Å². The lowest BCUT2D eigenvalue weighted by Crippen LogP contribution is -2.45. The molecule has 4 heteroatoms. The van der Waals surface area contributed by atoms with E-state index in [1.54, 1.807) is 0 Å². The van der Waals surface area contributed by atoms with Crippen molar-refractivity contribution in [2.75, 3.05) is 0 Å². The van der Waals surface area contributed by atoms with E-state index in [2.05, 4.69) is 0 Å². The van der Waals surface area contributed by atoms with Crippen LogP contribution in [0.2, 0.25) is 0 Å². The summed E-state index contributed by atoms with van der Waals surface area (Å²) in [5.41, 5.74) is 0. The van der Waals surface area contributed by atoms with Crippen LogP contribution in [0.3, 0.4) is 0 Å². The zero-order chi connectivity index (χ0) is 20.5. The fourth-order valence-corrected chi connectivity index (χ4v) is 7.55. The maximum atomic E-state index is 15.2. The van der Waals surface area contributed by atoms with Gasteiger partial charge in [-0.25, -0.2) is 17.6 Å². The van der Waals surface area contributed by atoms with E-state index < -0.39 is 24.7 Å². The van der Waals surface area contributed by atoms with Crippen molar-refractivity contribution in [1.82, 2.24) is 0 Å². The van der Waals surface area contributed by atoms with Crippen molar-refractivity contribution in [3.8, 4) is 0 Å². The van der Waals surface area contributed by atoms with Gasteiger partial charge in [0.2, 0.25) is 0 Å². The maximum Gasteiger partial charge on any atom is 0.134 e. The van der Waals surface area contributed by atoms with Gasteiger partial charge in [0.1, 0.15) is 24.7 Å². The van der Waals surface area contributed by atoms with Crippen molar-refractivity contribution in [1.29, 1.82) is 0 Å². The van der Waals surface area contributed by atoms with Crippen LogP contribution in [0, 0.1) is 41.4 Å². The predicted octanol–water partition coefficient (Wildman–Crippen LogP) is 7.80. The minimum Gasteiger partial charge on any atom is -0.244 e. The largest absolute Gasteiger partial charge is 0.244 e. The summed E-state index contributed by atoms with van der Waals surface area (Å²) in [6.07, 6.45) is 7.13. The zero-order valence-corrected chi connectivity index (χ0v) is 18.1. The molecule has 168 valence electrons. The highest BCUT2D eigenvalue weighted by Crippen LogP contribution is 2.50. The topological polar surface area (TPSA) is 0 Å². The van der Waals surface area contributed by atoms with Crippen molar-refractivity contribution < 1.29 is 17.6 Å². The Morgan fingerprint density at radius 1 is 0.414 bits per heavy atom. The van der Waals surface area contributed by atoms with Crippen LogP contribution in [0.25, 0.3) is 0 Å². The second kappa shape index (κ2) is 9.47. The second-order valence-corrected chi connectivity index (χ2v) is 11.0. The summed E-state index contributed by atoms with van der Waals surface area (Å²) in [5.74, 6) is 0.268. The Bertz CT molecular complexity index is 511. The molecule has 29 heavy (non-hydrogen) atoms. The van der Waals surface area contributed by atoms with Gasteiger partial charge in [0.15, 0.2) is 0 Å². The molecule has 4 rings (SSSR count). The summed E-state index contributed by atoms with van der Waals surface area (Å²) in [5, 5.41) is 0. The number of hydrogen-bond acceptors (Lipinski definition) is 0. The Balaban J connectivity index is 1.30. The van der Waals surface area contributed by atoms with E-state index in [1.165, 1.54) is 19.3 Å². The molecule has 0 aromatic heterocycles. The van der Waals surface area contributed by atoms with Gasteiger partial charge >= 0.3 is 0 Å². The lowest BCUT2D eigenvalue weighted by Gasteiger charge is -2.45. The summed E-state index contributed by atoms with van der Waals surface area (Å²) < 4.78 is 59.0. The van der Waals surface area contributed by atoms with Crippen molar-refractivity contribution in [3.63, 3.8) is 0 Å². The summed E-state index contributed by atoms with van der Waals surface area (Å²) in [6.45, 7) is 1.81. The number of rotatable bonds is 3. The molecule has 4 saturated carbocycles. The van der Waals surface area contributed by atoms with Crippen LogP contribution in [0.4, 0.5) is 17.6 Å². The maximum absolute atomic E-state index is 15.2. The van der Waals surface area contributed by atoms with Gasteiger partial charge in [-0.1, -0.05) is 39.0 Å².